The molecule has 0 aliphatic carbocycles. The van der Waals surface area contributed by atoms with Crippen LogP contribution in [-0.2, 0) is 12.8 Å². The Morgan fingerprint density at radius 2 is 1.00 bits per heavy atom. The van der Waals surface area contributed by atoms with Crippen molar-refractivity contribution in [3.8, 4) is 0 Å². The first-order valence-electron chi connectivity index (χ1n) is 7.39. The highest BCUT2D eigenvalue weighted by atomic mass is 15.2. The lowest BCUT2D eigenvalue weighted by Crippen LogP contribution is -1.78. The molecule has 0 heterocycles. The maximum absolute atomic E-state index is 3.95. The number of hydrogen-bond donors (Lipinski definition) is 0. The van der Waals surface area contributed by atoms with Gasteiger partial charge < -0.3 is 0 Å². The summed E-state index contributed by atoms with van der Waals surface area (Å²) in [5.41, 5.74) is 2.58. The highest BCUT2D eigenvalue weighted by Gasteiger charge is 1.85. The largest absolute Gasteiger partial charge is 0.159 e. The Morgan fingerprint density at radius 1 is 0.591 bits per heavy atom. The highest BCUT2D eigenvalue weighted by Crippen LogP contribution is 2.00. The van der Waals surface area contributed by atoms with E-state index in [4.69, 9.17) is 0 Å². The Bertz CT molecular complexity index is 578. The first-order valence-corrected chi connectivity index (χ1v) is 7.39. The molecule has 0 unspecified atom stereocenters. The van der Waals surface area contributed by atoms with Gasteiger partial charge in [0.05, 0.1) is 0 Å². The number of rotatable bonds is 7. The van der Waals surface area contributed by atoms with E-state index in [2.05, 4.69) is 46.6 Å². The van der Waals surface area contributed by atoms with Gasteiger partial charge in [-0.2, -0.15) is 10.2 Å². The Hall–Kier alpha value is -2.74. The second kappa shape index (κ2) is 10.1. The topological polar surface area (TPSA) is 24.7 Å². The molecule has 0 N–H and O–H groups in total. The molecule has 0 radical (unpaired) electrons. The molecule has 0 aliphatic rings. The van der Waals surface area contributed by atoms with E-state index >= 15 is 0 Å². The molecule has 2 rings (SSSR count). The first-order chi connectivity index (χ1) is 10.9. The van der Waals surface area contributed by atoms with E-state index in [1.54, 1.807) is 12.4 Å². The highest BCUT2D eigenvalue weighted by molar-refractivity contribution is 5.74. The van der Waals surface area contributed by atoms with Crippen LogP contribution in [0.5, 0.6) is 0 Å². The first kappa shape index (κ1) is 15.6. The molecule has 110 valence electrons. The van der Waals surface area contributed by atoms with Gasteiger partial charge in [-0.15, -0.1) is 0 Å². The SMILES string of the molecule is C(=C/Cc1ccccc1)/C=N/N=C/C=C\Cc1ccccc1. The monoisotopic (exact) mass is 288 g/mol. The van der Waals surface area contributed by atoms with Crippen LogP contribution < -0.4 is 0 Å². The molecular formula is C20H20N2. The van der Waals surface area contributed by atoms with Crippen molar-refractivity contribution in [3.05, 3.63) is 96.1 Å². The predicted octanol–water partition coefficient (Wildman–Crippen LogP) is 4.64. The van der Waals surface area contributed by atoms with Gasteiger partial charge in [-0.3, -0.25) is 0 Å². The fraction of sp³-hybridized carbons (Fsp3) is 0.100. The molecule has 0 amide bonds. The van der Waals surface area contributed by atoms with Gasteiger partial charge in [0.25, 0.3) is 0 Å². The summed E-state index contributed by atoms with van der Waals surface area (Å²) in [4.78, 5) is 0. The van der Waals surface area contributed by atoms with Crippen molar-refractivity contribution in [1.29, 1.82) is 0 Å². The molecule has 0 spiro atoms. The van der Waals surface area contributed by atoms with E-state index in [1.165, 1.54) is 11.1 Å². The lowest BCUT2D eigenvalue weighted by Gasteiger charge is -1.92. The smallest absolute Gasteiger partial charge is 0.0492 e. The van der Waals surface area contributed by atoms with Gasteiger partial charge in [0, 0.05) is 12.4 Å². The van der Waals surface area contributed by atoms with Crippen molar-refractivity contribution in [2.45, 2.75) is 12.8 Å². The van der Waals surface area contributed by atoms with Crippen molar-refractivity contribution in [2.24, 2.45) is 10.2 Å². The fourth-order valence-electron chi connectivity index (χ4n) is 1.91. The molecule has 22 heavy (non-hydrogen) atoms. The molecule has 0 aromatic heterocycles. The van der Waals surface area contributed by atoms with Gasteiger partial charge in [0.15, 0.2) is 0 Å². The van der Waals surface area contributed by atoms with Crippen LogP contribution in [0.15, 0.2) is 95.2 Å². The van der Waals surface area contributed by atoms with Crippen LogP contribution in [0, 0.1) is 0 Å². The number of hydrogen-bond acceptors (Lipinski definition) is 2. The van der Waals surface area contributed by atoms with Gasteiger partial charge in [-0.25, -0.2) is 0 Å². The number of nitrogens with zero attached hydrogens (tertiary/aromatic N) is 2. The molecule has 0 atom stereocenters. The van der Waals surface area contributed by atoms with Crippen molar-refractivity contribution >= 4 is 12.4 Å². The van der Waals surface area contributed by atoms with Gasteiger partial charge in [0.2, 0.25) is 0 Å². The van der Waals surface area contributed by atoms with E-state index in [0.29, 0.717) is 0 Å². The average molecular weight is 288 g/mol. The van der Waals surface area contributed by atoms with Crippen LogP contribution in [0.2, 0.25) is 0 Å². The van der Waals surface area contributed by atoms with Crippen molar-refractivity contribution < 1.29 is 0 Å². The Morgan fingerprint density at radius 3 is 1.41 bits per heavy atom. The zero-order chi connectivity index (χ0) is 15.3. The molecule has 0 fully saturated rings. The lowest BCUT2D eigenvalue weighted by molar-refractivity contribution is 1.25. The maximum Gasteiger partial charge on any atom is 0.0492 e. The summed E-state index contributed by atoms with van der Waals surface area (Å²) < 4.78 is 0. The summed E-state index contributed by atoms with van der Waals surface area (Å²) in [5.74, 6) is 0. The van der Waals surface area contributed by atoms with E-state index in [9.17, 15) is 0 Å². The van der Waals surface area contributed by atoms with E-state index in [-0.39, 0.29) is 0 Å². The summed E-state index contributed by atoms with van der Waals surface area (Å²) >= 11 is 0. The van der Waals surface area contributed by atoms with Crippen molar-refractivity contribution in [2.75, 3.05) is 0 Å². The molecule has 2 aromatic rings. The maximum atomic E-state index is 3.95. The van der Waals surface area contributed by atoms with Gasteiger partial charge in [-0.1, -0.05) is 72.8 Å². The summed E-state index contributed by atoms with van der Waals surface area (Å²) in [5, 5.41) is 7.91. The lowest BCUT2D eigenvalue weighted by atomic mass is 10.1. The van der Waals surface area contributed by atoms with Crippen LogP contribution in [0.3, 0.4) is 0 Å². The minimum Gasteiger partial charge on any atom is -0.159 e. The fourth-order valence-corrected chi connectivity index (χ4v) is 1.91. The van der Waals surface area contributed by atoms with Crippen molar-refractivity contribution in [1.82, 2.24) is 0 Å². The molecule has 0 saturated carbocycles. The third-order valence-corrected chi connectivity index (χ3v) is 3.04. The molecule has 2 nitrogen and oxygen atoms in total. The molecule has 2 aromatic carbocycles. The summed E-state index contributed by atoms with van der Waals surface area (Å²) in [6.45, 7) is 0. The molecular weight excluding hydrogens is 268 g/mol. The third kappa shape index (κ3) is 6.62. The summed E-state index contributed by atoms with van der Waals surface area (Å²) in [6, 6.07) is 20.7. The van der Waals surface area contributed by atoms with Crippen molar-refractivity contribution in [3.63, 3.8) is 0 Å². The third-order valence-electron chi connectivity index (χ3n) is 3.04. The van der Waals surface area contributed by atoms with E-state index < -0.39 is 0 Å². The number of benzene rings is 2. The van der Waals surface area contributed by atoms with Crippen LogP contribution >= 0.6 is 0 Å². The number of allylic oxidation sites excluding steroid dienone is 4. The molecule has 0 aliphatic heterocycles. The second-order valence-electron chi connectivity index (χ2n) is 4.76. The Balaban J connectivity index is 1.64. The average Bonchev–Trinajstić information content (AvgIpc) is 2.58. The minimum absolute atomic E-state index is 0.910. The van der Waals surface area contributed by atoms with Crippen LogP contribution in [0.25, 0.3) is 0 Å². The predicted molar refractivity (Wildman–Crippen MR) is 95.6 cm³/mol. The zero-order valence-corrected chi connectivity index (χ0v) is 12.5. The molecule has 2 heteroatoms. The quantitative estimate of drug-likeness (QED) is 0.524. The Labute approximate surface area is 132 Å². The second-order valence-corrected chi connectivity index (χ2v) is 4.76. The Kier molecular flexibility index (Phi) is 7.15. The van der Waals surface area contributed by atoms with E-state index in [1.807, 2.05) is 48.6 Å². The van der Waals surface area contributed by atoms with Crippen LogP contribution in [0.4, 0.5) is 0 Å². The summed E-state index contributed by atoms with van der Waals surface area (Å²) in [7, 11) is 0. The normalized spacial score (nSPS) is 12.2. The standard InChI is InChI=1S/C20H20N2/c1-3-11-19(12-4-1)15-7-9-17-21-22-18-10-8-16-20-13-5-2-6-14-20/h1-14,17-18H,15-16H2/b9-7-,10-8-,21-17+,22-18+. The van der Waals surface area contributed by atoms with Gasteiger partial charge in [-0.05, 0) is 36.1 Å². The van der Waals surface area contributed by atoms with Crippen LogP contribution in [-0.4, -0.2) is 12.4 Å². The molecule has 0 bridgehead atoms. The molecule has 0 saturated heterocycles. The minimum atomic E-state index is 0.910. The van der Waals surface area contributed by atoms with Gasteiger partial charge in [0.1, 0.15) is 0 Å². The van der Waals surface area contributed by atoms with E-state index in [0.717, 1.165) is 12.8 Å². The van der Waals surface area contributed by atoms with Gasteiger partial charge >= 0.3 is 0 Å². The summed E-state index contributed by atoms with van der Waals surface area (Å²) in [6.07, 6.45) is 13.2. The zero-order valence-electron chi connectivity index (χ0n) is 12.5. The van der Waals surface area contributed by atoms with Crippen LogP contribution in [0.1, 0.15) is 11.1 Å².